The number of rotatable bonds is 2. The van der Waals surface area contributed by atoms with Crippen molar-refractivity contribution in [3.05, 3.63) is 58.7 Å². The van der Waals surface area contributed by atoms with Crippen LogP contribution in [0, 0.1) is 11.6 Å². The van der Waals surface area contributed by atoms with Gasteiger partial charge in [-0.05, 0) is 46.3 Å². The molecule has 1 heterocycles. The van der Waals surface area contributed by atoms with Crippen molar-refractivity contribution in [3.8, 4) is 0 Å². The molecule has 3 nitrogen and oxygen atoms in total. The third-order valence-corrected chi connectivity index (χ3v) is 3.48. The van der Waals surface area contributed by atoms with Crippen molar-refractivity contribution in [2.45, 2.75) is 0 Å². The van der Waals surface area contributed by atoms with Crippen molar-refractivity contribution in [2.24, 2.45) is 0 Å². The number of halogens is 3. The van der Waals surface area contributed by atoms with Gasteiger partial charge in [0.25, 0.3) is 0 Å². The summed E-state index contributed by atoms with van der Waals surface area (Å²) < 4.78 is 27.0. The fourth-order valence-electron chi connectivity index (χ4n) is 2.05. The first-order valence-electron chi connectivity index (χ1n) is 6.10. The third kappa shape index (κ3) is 2.67. The first kappa shape index (κ1) is 13.8. The first-order valence-corrected chi connectivity index (χ1v) is 6.90. The zero-order valence-corrected chi connectivity index (χ0v) is 12.3. The number of nitrogens with two attached hydrogens (primary N) is 1. The highest BCUT2D eigenvalue weighted by Gasteiger charge is 2.08. The molecule has 0 aliphatic heterocycles. The van der Waals surface area contributed by atoms with E-state index in [1.54, 1.807) is 18.3 Å². The Balaban J connectivity index is 2.08. The van der Waals surface area contributed by atoms with E-state index >= 15 is 0 Å². The Morgan fingerprint density at radius 1 is 1.05 bits per heavy atom. The van der Waals surface area contributed by atoms with Crippen molar-refractivity contribution in [3.63, 3.8) is 0 Å². The van der Waals surface area contributed by atoms with Crippen LogP contribution in [-0.4, -0.2) is 4.98 Å². The molecular formula is C15H10BrF2N3. The summed E-state index contributed by atoms with van der Waals surface area (Å²) in [7, 11) is 0. The molecule has 0 saturated carbocycles. The maximum Gasteiger partial charge on any atom is 0.160 e. The van der Waals surface area contributed by atoms with E-state index in [-0.39, 0.29) is 0 Å². The molecule has 0 saturated heterocycles. The molecule has 0 spiro atoms. The van der Waals surface area contributed by atoms with Crippen LogP contribution in [0.5, 0.6) is 0 Å². The van der Waals surface area contributed by atoms with Crippen LogP contribution in [0.15, 0.2) is 47.1 Å². The molecule has 21 heavy (non-hydrogen) atoms. The van der Waals surface area contributed by atoms with Crippen LogP contribution in [0.1, 0.15) is 0 Å². The Hall–Kier alpha value is -2.21. The topological polar surface area (TPSA) is 50.9 Å². The number of nitrogens with one attached hydrogen (secondary N) is 1. The van der Waals surface area contributed by atoms with Gasteiger partial charge < -0.3 is 11.1 Å². The summed E-state index contributed by atoms with van der Waals surface area (Å²) >= 11 is 3.35. The quantitative estimate of drug-likeness (QED) is 0.664. The van der Waals surface area contributed by atoms with Gasteiger partial charge in [-0.1, -0.05) is 0 Å². The largest absolute Gasteiger partial charge is 0.398 e. The Kier molecular flexibility index (Phi) is 3.47. The third-order valence-electron chi connectivity index (χ3n) is 3.05. The summed E-state index contributed by atoms with van der Waals surface area (Å²) in [6.07, 6.45) is 1.65. The fourth-order valence-corrected chi connectivity index (χ4v) is 2.38. The lowest BCUT2D eigenvalue weighted by atomic mass is 10.1. The van der Waals surface area contributed by atoms with E-state index in [9.17, 15) is 8.78 Å². The van der Waals surface area contributed by atoms with Crippen molar-refractivity contribution in [1.82, 2.24) is 4.98 Å². The highest BCUT2D eigenvalue weighted by Crippen LogP contribution is 2.30. The minimum absolute atomic E-state index is 0.435. The van der Waals surface area contributed by atoms with Gasteiger partial charge in [0.05, 0.1) is 11.2 Å². The molecule has 0 unspecified atom stereocenters. The lowest BCUT2D eigenvalue weighted by Gasteiger charge is -2.11. The second kappa shape index (κ2) is 5.29. The summed E-state index contributed by atoms with van der Waals surface area (Å²) in [5.41, 5.74) is 8.28. The van der Waals surface area contributed by atoms with Crippen molar-refractivity contribution < 1.29 is 8.78 Å². The van der Waals surface area contributed by atoms with E-state index in [0.717, 1.165) is 22.0 Å². The smallest absolute Gasteiger partial charge is 0.160 e. The molecular weight excluding hydrogens is 340 g/mol. The molecule has 3 aromatic rings. The average molecular weight is 350 g/mol. The zero-order chi connectivity index (χ0) is 15.0. The summed E-state index contributed by atoms with van der Waals surface area (Å²) in [4.78, 5) is 4.32. The number of anilines is 3. The van der Waals surface area contributed by atoms with Gasteiger partial charge in [-0.15, -0.1) is 0 Å². The molecule has 1 aromatic heterocycles. The zero-order valence-electron chi connectivity index (χ0n) is 10.7. The second-order valence-corrected chi connectivity index (χ2v) is 5.42. The van der Waals surface area contributed by atoms with Gasteiger partial charge in [0.2, 0.25) is 0 Å². The molecule has 0 amide bonds. The van der Waals surface area contributed by atoms with E-state index in [1.165, 1.54) is 6.07 Å². The van der Waals surface area contributed by atoms with Gasteiger partial charge >= 0.3 is 0 Å². The molecule has 2 aromatic carbocycles. The summed E-state index contributed by atoms with van der Waals surface area (Å²) in [6.45, 7) is 0. The molecule has 3 N–H and O–H groups in total. The molecule has 0 aliphatic carbocycles. The van der Waals surface area contributed by atoms with Gasteiger partial charge in [0.1, 0.15) is 0 Å². The van der Waals surface area contributed by atoms with Crippen molar-refractivity contribution in [1.29, 1.82) is 0 Å². The highest BCUT2D eigenvalue weighted by atomic mass is 79.9. The molecule has 0 aliphatic rings. The maximum absolute atomic E-state index is 13.3. The van der Waals surface area contributed by atoms with E-state index in [2.05, 4.69) is 26.2 Å². The van der Waals surface area contributed by atoms with Crippen LogP contribution >= 0.6 is 15.9 Å². The molecule has 0 fully saturated rings. The van der Waals surface area contributed by atoms with Gasteiger partial charge in [-0.2, -0.15) is 0 Å². The SMILES string of the molecule is Nc1ccc(Nc2ccc(F)c(F)c2)c2ncc(Br)cc12. The Morgan fingerprint density at radius 2 is 1.86 bits per heavy atom. The van der Waals surface area contributed by atoms with Crippen LogP contribution in [0.25, 0.3) is 10.9 Å². The monoisotopic (exact) mass is 349 g/mol. The highest BCUT2D eigenvalue weighted by molar-refractivity contribution is 9.10. The summed E-state index contributed by atoms with van der Waals surface area (Å²) in [5.74, 6) is -1.79. The standard InChI is InChI=1S/C15H10BrF2N3/c16-8-5-10-13(19)3-4-14(15(10)20-7-8)21-9-1-2-11(17)12(18)6-9/h1-7,21H,19H2. The number of nitrogens with zero attached hydrogens (tertiary/aromatic N) is 1. The van der Waals surface area contributed by atoms with Gasteiger partial charge in [0, 0.05) is 33.5 Å². The number of nitrogen functional groups attached to an aromatic ring is 1. The number of hydrogen-bond donors (Lipinski definition) is 2. The molecule has 0 bridgehead atoms. The normalized spacial score (nSPS) is 10.8. The first-order chi connectivity index (χ1) is 10.0. The minimum Gasteiger partial charge on any atom is -0.398 e. The molecule has 0 atom stereocenters. The predicted molar refractivity (Wildman–Crippen MR) is 83.5 cm³/mol. The Labute approximate surface area is 127 Å². The van der Waals surface area contributed by atoms with Crippen LogP contribution in [0.3, 0.4) is 0 Å². The second-order valence-electron chi connectivity index (χ2n) is 4.51. The van der Waals surface area contributed by atoms with Gasteiger partial charge in [-0.25, -0.2) is 8.78 Å². The molecule has 0 radical (unpaired) electrons. The number of fused-ring (bicyclic) bond motifs is 1. The number of pyridine rings is 1. The maximum atomic E-state index is 13.3. The van der Waals surface area contributed by atoms with Crippen molar-refractivity contribution in [2.75, 3.05) is 11.1 Å². The van der Waals surface area contributed by atoms with E-state index in [0.29, 0.717) is 22.6 Å². The van der Waals surface area contributed by atoms with Crippen LogP contribution in [0.2, 0.25) is 0 Å². The predicted octanol–water partition coefficient (Wildman–Crippen LogP) is 4.60. The minimum atomic E-state index is -0.907. The molecule has 6 heteroatoms. The van der Waals surface area contributed by atoms with E-state index < -0.39 is 11.6 Å². The van der Waals surface area contributed by atoms with Gasteiger partial charge in [0.15, 0.2) is 11.6 Å². The lowest BCUT2D eigenvalue weighted by Crippen LogP contribution is -1.97. The fraction of sp³-hybridized carbons (Fsp3) is 0. The lowest BCUT2D eigenvalue weighted by molar-refractivity contribution is 0.509. The van der Waals surface area contributed by atoms with Gasteiger partial charge in [-0.3, -0.25) is 4.98 Å². The average Bonchev–Trinajstić information content (AvgIpc) is 2.46. The van der Waals surface area contributed by atoms with Crippen molar-refractivity contribution >= 4 is 43.9 Å². The summed E-state index contributed by atoms with van der Waals surface area (Å²) in [6, 6.07) is 8.96. The Morgan fingerprint density at radius 3 is 2.62 bits per heavy atom. The van der Waals surface area contributed by atoms with E-state index in [4.69, 9.17) is 5.73 Å². The van der Waals surface area contributed by atoms with Crippen LogP contribution < -0.4 is 11.1 Å². The number of benzene rings is 2. The Bertz CT molecular complexity index is 837. The number of hydrogen-bond acceptors (Lipinski definition) is 3. The number of aromatic nitrogens is 1. The molecule has 3 rings (SSSR count). The summed E-state index contributed by atoms with van der Waals surface area (Å²) in [5, 5.41) is 3.80. The van der Waals surface area contributed by atoms with Crippen LogP contribution in [0.4, 0.5) is 25.8 Å². The molecule has 106 valence electrons. The van der Waals surface area contributed by atoms with E-state index in [1.807, 2.05) is 6.07 Å². The van der Waals surface area contributed by atoms with Crippen LogP contribution in [-0.2, 0) is 0 Å².